The molecule has 0 radical (unpaired) electrons. The molecule has 1 aliphatic carbocycles. The zero-order valence-corrected chi connectivity index (χ0v) is 6.68. The molecule has 1 fully saturated rings. The molecule has 0 aromatic carbocycles. The fourth-order valence-corrected chi connectivity index (χ4v) is 1.22. The van der Waals surface area contributed by atoms with Crippen LogP contribution in [-0.2, 0) is 4.79 Å². The van der Waals surface area contributed by atoms with Crippen LogP contribution in [-0.4, -0.2) is 5.78 Å². The Kier molecular flexibility index (Phi) is 1.93. The Labute approximate surface area is 62.1 Å². The first kappa shape index (κ1) is 7.52. The van der Waals surface area contributed by atoms with E-state index in [9.17, 15) is 4.79 Å². The summed E-state index contributed by atoms with van der Waals surface area (Å²) in [6.45, 7) is 3.80. The molecule has 0 unspecified atom stereocenters. The molecule has 56 valence electrons. The van der Waals surface area contributed by atoms with Gasteiger partial charge in [-0.15, -0.1) is 0 Å². The number of allylic oxidation sites excluding steroid dienone is 2. The molecule has 1 aliphatic rings. The molecule has 1 saturated carbocycles. The van der Waals surface area contributed by atoms with Crippen LogP contribution in [0, 0.1) is 5.41 Å². The predicted octanol–water partition coefficient (Wildman–Crippen LogP) is 2.32. The Hall–Kier alpha value is -0.590. The van der Waals surface area contributed by atoms with Gasteiger partial charge < -0.3 is 0 Å². The minimum atomic E-state index is 0.160. The van der Waals surface area contributed by atoms with Gasteiger partial charge in [0.05, 0.1) is 0 Å². The Morgan fingerprint density at radius 3 is 2.40 bits per heavy atom. The maximum atomic E-state index is 10.5. The van der Waals surface area contributed by atoms with Crippen molar-refractivity contribution in [2.45, 2.75) is 33.1 Å². The molecule has 0 aliphatic heterocycles. The van der Waals surface area contributed by atoms with E-state index in [1.165, 1.54) is 19.3 Å². The number of carbonyl (C=O) groups is 1. The van der Waals surface area contributed by atoms with Crippen molar-refractivity contribution >= 4 is 5.78 Å². The molecule has 0 amide bonds. The van der Waals surface area contributed by atoms with Gasteiger partial charge in [-0.25, -0.2) is 0 Å². The molecule has 10 heavy (non-hydrogen) atoms. The molecular formula is C9H14O. The first-order valence-corrected chi connectivity index (χ1v) is 3.82. The van der Waals surface area contributed by atoms with Crippen LogP contribution in [0.25, 0.3) is 0 Å². The Balaban J connectivity index is 2.43. The fourth-order valence-electron chi connectivity index (χ4n) is 1.22. The highest BCUT2D eigenvalue weighted by atomic mass is 16.1. The third kappa shape index (κ3) is 1.69. The van der Waals surface area contributed by atoms with Gasteiger partial charge in [0.15, 0.2) is 5.78 Å². The summed E-state index contributed by atoms with van der Waals surface area (Å²) >= 11 is 0. The molecular weight excluding hydrogens is 124 g/mol. The molecule has 0 aromatic heterocycles. The summed E-state index contributed by atoms with van der Waals surface area (Å²) in [6.07, 6.45) is 7.56. The topological polar surface area (TPSA) is 17.1 Å². The summed E-state index contributed by atoms with van der Waals surface area (Å²) < 4.78 is 0. The second-order valence-electron chi connectivity index (χ2n) is 3.45. The van der Waals surface area contributed by atoms with Gasteiger partial charge in [-0.2, -0.15) is 0 Å². The monoisotopic (exact) mass is 138 g/mol. The fraction of sp³-hybridized carbons (Fsp3) is 0.667. The molecule has 0 N–H and O–H groups in total. The van der Waals surface area contributed by atoms with Crippen LogP contribution >= 0.6 is 0 Å². The summed E-state index contributed by atoms with van der Waals surface area (Å²) in [5, 5.41) is 0. The quantitative estimate of drug-likeness (QED) is 0.535. The number of ketones is 1. The molecule has 0 spiro atoms. The summed E-state index contributed by atoms with van der Waals surface area (Å²) in [7, 11) is 0. The Bertz CT molecular complexity index is 164. The van der Waals surface area contributed by atoms with Crippen LogP contribution in [0.5, 0.6) is 0 Å². The highest BCUT2D eigenvalue weighted by Gasteiger charge is 2.28. The van der Waals surface area contributed by atoms with E-state index < -0.39 is 0 Å². The van der Waals surface area contributed by atoms with Crippen molar-refractivity contribution in [1.82, 2.24) is 0 Å². The minimum Gasteiger partial charge on any atom is -0.295 e. The van der Waals surface area contributed by atoms with Crippen LogP contribution in [0.3, 0.4) is 0 Å². The number of carbonyl (C=O) groups excluding carboxylic acids is 1. The van der Waals surface area contributed by atoms with E-state index in [0.717, 1.165) is 0 Å². The number of rotatable bonds is 2. The third-order valence-corrected chi connectivity index (χ3v) is 2.22. The second kappa shape index (κ2) is 2.57. The Morgan fingerprint density at radius 2 is 2.10 bits per heavy atom. The van der Waals surface area contributed by atoms with Gasteiger partial charge in [0.25, 0.3) is 0 Å². The highest BCUT2D eigenvalue weighted by Crippen LogP contribution is 2.41. The maximum Gasteiger partial charge on any atom is 0.152 e. The van der Waals surface area contributed by atoms with E-state index in [1.807, 2.05) is 0 Å². The smallest absolute Gasteiger partial charge is 0.152 e. The molecule has 1 rings (SSSR count). The van der Waals surface area contributed by atoms with Crippen LogP contribution in [0.4, 0.5) is 0 Å². The van der Waals surface area contributed by atoms with Crippen LogP contribution < -0.4 is 0 Å². The van der Waals surface area contributed by atoms with Crippen LogP contribution in [0.1, 0.15) is 33.1 Å². The number of hydrogen-bond acceptors (Lipinski definition) is 1. The van der Waals surface area contributed by atoms with E-state index in [4.69, 9.17) is 0 Å². The molecule has 0 atom stereocenters. The molecule has 1 heteroatoms. The lowest BCUT2D eigenvalue weighted by Crippen LogP contribution is -2.22. The SMILES string of the molecule is CC(=O)/C=C/C1(C)CCC1. The van der Waals surface area contributed by atoms with Gasteiger partial charge in [-0.05, 0) is 31.3 Å². The van der Waals surface area contributed by atoms with E-state index in [1.54, 1.807) is 13.0 Å². The van der Waals surface area contributed by atoms with Gasteiger partial charge in [-0.3, -0.25) is 4.79 Å². The van der Waals surface area contributed by atoms with Crippen molar-refractivity contribution in [1.29, 1.82) is 0 Å². The second-order valence-corrected chi connectivity index (χ2v) is 3.45. The zero-order valence-electron chi connectivity index (χ0n) is 6.68. The van der Waals surface area contributed by atoms with Crippen molar-refractivity contribution in [3.63, 3.8) is 0 Å². The summed E-state index contributed by atoms with van der Waals surface area (Å²) in [5.74, 6) is 0.160. The van der Waals surface area contributed by atoms with Crippen molar-refractivity contribution in [2.24, 2.45) is 5.41 Å². The molecule has 0 saturated heterocycles. The van der Waals surface area contributed by atoms with Gasteiger partial charge in [0.1, 0.15) is 0 Å². The lowest BCUT2D eigenvalue weighted by atomic mass is 9.70. The average molecular weight is 138 g/mol. The third-order valence-electron chi connectivity index (χ3n) is 2.22. The predicted molar refractivity (Wildman–Crippen MR) is 41.8 cm³/mol. The molecule has 0 aromatic rings. The van der Waals surface area contributed by atoms with Crippen LogP contribution in [0.2, 0.25) is 0 Å². The zero-order chi connectivity index (χ0) is 7.61. The van der Waals surface area contributed by atoms with E-state index in [0.29, 0.717) is 5.41 Å². The largest absolute Gasteiger partial charge is 0.295 e. The van der Waals surface area contributed by atoms with Gasteiger partial charge in [-0.1, -0.05) is 19.4 Å². The standard InChI is InChI=1S/C9H14O/c1-8(10)4-7-9(2)5-3-6-9/h4,7H,3,5-6H2,1-2H3/b7-4+. The van der Waals surface area contributed by atoms with E-state index in [2.05, 4.69) is 13.0 Å². The Morgan fingerprint density at radius 1 is 1.50 bits per heavy atom. The highest BCUT2D eigenvalue weighted by molar-refractivity contribution is 5.87. The normalized spacial score (nSPS) is 22.6. The van der Waals surface area contributed by atoms with Crippen molar-refractivity contribution < 1.29 is 4.79 Å². The first-order valence-electron chi connectivity index (χ1n) is 3.82. The van der Waals surface area contributed by atoms with Crippen LogP contribution in [0.15, 0.2) is 12.2 Å². The van der Waals surface area contributed by atoms with Gasteiger partial charge in [0.2, 0.25) is 0 Å². The minimum absolute atomic E-state index is 0.160. The summed E-state index contributed by atoms with van der Waals surface area (Å²) in [6, 6.07) is 0. The van der Waals surface area contributed by atoms with Gasteiger partial charge >= 0.3 is 0 Å². The van der Waals surface area contributed by atoms with E-state index >= 15 is 0 Å². The molecule has 0 heterocycles. The summed E-state index contributed by atoms with van der Waals surface area (Å²) in [4.78, 5) is 10.5. The van der Waals surface area contributed by atoms with Gasteiger partial charge in [0, 0.05) is 0 Å². The lowest BCUT2D eigenvalue weighted by molar-refractivity contribution is -0.112. The summed E-state index contributed by atoms with van der Waals surface area (Å²) in [5.41, 5.74) is 0.353. The van der Waals surface area contributed by atoms with Crippen molar-refractivity contribution in [2.75, 3.05) is 0 Å². The van der Waals surface area contributed by atoms with Crippen molar-refractivity contribution in [3.05, 3.63) is 12.2 Å². The molecule has 0 bridgehead atoms. The average Bonchev–Trinajstić information content (AvgIpc) is 1.79. The maximum absolute atomic E-state index is 10.5. The van der Waals surface area contributed by atoms with Crippen molar-refractivity contribution in [3.8, 4) is 0 Å². The molecule has 1 nitrogen and oxygen atoms in total. The van der Waals surface area contributed by atoms with E-state index in [-0.39, 0.29) is 5.78 Å². The first-order chi connectivity index (χ1) is 4.62. The number of hydrogen-bond donors (Lipinski definition) is 0. The lowest BCUT2D eigenvalue weighted by Gasteiger charge is -2.35.